The zero-order valence-electron chi connectivity index (χ0n) is 10.0. The summed E-state index contributed by atoms with van der Waals surface area (Å²) >= 11 is 0. The summed E-state index contributed by atoms with van der Waals surface area (Å²) in [6.07, 6.45) is -3.54. The maximum Gasteiger partial charge on any atom is 0.586 e. The molecule has 1 aliphatic heterocycles. The lowest BCUT2D eigenvalue weighted by Gasteiger charge is -2.20. The monoisotopic (exact) mass is 243 g/mol. The van der Waals surface area contributed by atoms with Crippen molar-refractivity contribution in [2.45, 2.75) is 32.7 Å². The predicted molar refractivity (Wildman–Crippen MR) is 59.2 cm³/mol. The van der Waals surface area contributed by atoms with Crippen LogP contribution in [0.5, 0.6) is 11.5 Å². The molecule has 0 fully saturated rings. The number of benzene rings is 1. The average Bonchev–Trinajstić information content (AvgIpc) is 2.50. The molecule has 5 heteroatoms. The quantitative estimate of drug-likeness (QED) is 0.814. The van der Waals surface area contributed by atoms with E-state index in [1.54, 1.807) is 12.1 Å². The summed E-state index contributed by atoms with van der Waals surface area (Å²) in [6.45, 7) is 4.82. The molecule has 1 heterocycles. The van der Waals surface area contributed by atoms with Gasteiger partial charge in [-0.05, 0) is 38.6 Å². The van der Waals surface area contributed by atoms with Gasteiger partial charge in [0.15, 0.2) is 11.5 Å². The molecule has 1 aromatic rings. The maximum absolute atomic E-state index is 12.8. The lowest BCUT2D eigenvalue weighted by atomic mass is 10.2. The van der Waals surface area contributed by atoms with Crippen molar-refractivity contribution < 1.29 is 18.3 Å². The maximum atomic E-state index is 12.8. The minimum absolute atomic E-state index is 0.0888. The van der Waals surface area contributed by atoms with E-state index in [4.69, 9.17) is 0 Å². The van der Waals surface area contributed by atoms with Gasteiger partial charge in [0.2, 0.25) is 0 Å². The molecule has 0 atom stereocenters. The van der Waals surface area contributed by atoms with Gasteiger partial charge in [-0.25, -0.2) is 0 Å². The van der Waals surface area contributed by atoms with Crippen LogP contribution in [0.2, 0.25) is 0 Å². The van der Waals surface area contributed by atoms with E-state index < -0.39 is 6.29 Å². The van der Waals surface area contributed by atoms with Gasteiger partial charge in [0.05, 0.1) is 0 Å². The Labute approximate surface area is 98.9 Å². The summed E-state index contributed by atoms with van der Waals surface area (Å²) < 4.78 is 34.3. The normalized spacial score (nSPS) is 16.9. The Kier molecular flexibility index (Phi) is 2.95. The second kappa shape index (κ2) is 4.14. The highest BCUT2D eigenvalue weighted by Crippen LogP contribution is 2.41. The van der Waals surface area contributed by atoms with Crippen LogP contribution in [0.4, 0.5) is 8.78 Å². The molecular weight excluding hydrogens is 228 g/mol. The fraction of sp³-hybridized carbons (Fsp3) is 0.500. The molecule has 3 nitrogen and oxygen atoms in total. The van der Waals surface area contributed by atoms with Crippen molar-refractivity contribution in [3.63, 3.8) is 0 Å². The fourth-order valence-corrected chi connectivity index (χ4v) is 1.56. The smallest absolute Gasteiger partial charge is 0.395 e. The van der Waals surface area contributed by atoms with E-state index in [0.29, 0.717) is 12.6 Å². The van der Waals surface area contributed by atoms with Gasteiger partial charge in [-0.2, -0.15) is 0 Å². The van der Waals surface area contributed by atoms with Crippen LogP contribution in [-0.2, 0) is 6.54 Å². The summed E-state index contributed by atoms with van der Waals surface area (Å²) in [5.74, 6) is 0.190. The van der Waals surface area contributed by atoms with E-state index in [1.807, 2.05) is 7.05 Å². The van der Waals surface area contributed by atoms with Gasteiger partial charge >= 0.3 is 6.29 Å². The number of ether oxygens (including phenoxy) is 2. The van der Waals surface area contributed by atoms with Crippen molar-refractivity contribution in [3.8, 4) is 11.5 Å². The van der Waals surface area contributed by atoms with Gasteiger partial charge in [0.1, 0.15) is 0 Å². The zero-order valence-corrected chi connectivity index (χ0v) is 10.0. The van der Waals surface area contributed by atoms with E-state index in [-0.39, 0.29) is 11.5 Å². The molecule has 0 bridgehead atoms. The third-order valence-corrected chi connectivity index (χ3v) is 2.78. The Morgan fingerprint density at radius 2 is 1.88 bits per heavy atom. The van der Waals surface area contributed by atoms with E-state index in [1.165, 1.54) is 6.07 Å². The highest BCUT2D eigenvalue weighted by Gasteiger charge is 2.43. The first-order valence-electron chi connectivity index (χ1n) is 5.46. The summed E-state index contributed by atoms with van der Waals surface area (Å²) in [4.78, 5) is 2.11. The van der Waals surface area contributed by atoms with Crippen LogP contribution < -0.4 is 9.47 Å². The number of fused-ring (bicyclic) bond motifs is 1. The lowest BCUT2D eigenvalue weighted by molar-refractivity contribution is -0.286. The molecule has 0 aromatic heterocycles. The lowest BCUT2D eigenvalue weighted by Crippen LogP contribution is -2.26. The van der Waals surface area contributed by atoms with E-state index in [9.17, 15) is 8.78 Å². The average molecular weight is 243 g/mol. The fourth-order valence-electron chi connectivity index (χ4n) is 1.56. The van der Waals surface area contributed by atoms with Gasteiger partial charge in [-0.1, -0.05) is 6.07 Å². The summed E-state index contributed by atoms with van der Waals surface area (Å²) in [5, 5.41) is 0. The largest absolute Gasteiger partial charge is 0.586 e. The summed E-state index contributed by atoms with van der Waals surface area (Å²) in [7, 11) is 1.98. The van der Waals surface area contributed by atoms with Crippen LogP contribution >= 0.6 is 0 Å². The second-order valence-electron chi connectivity index (χ2n) is 4.46. The van der Waals surface area contributed by atoms with Gasteiger partial charge in [-0.15, -0.1) is 8.78 Å². The van der Waals surface area contributed by atoms with E-state index in [2.05, 4.69) is 28.2 Å². The first-order valence-corrected chi connectivity index (χ1v) is 5.46. The van der Waals surface area contributed by atoms with Crippen molar-refractivity contribution in [2.75, 3.05) is 7.05 Å². The van der Waals surface area contributed by atoms with Crippen molar-refractivity contribution in [2.24, 2.45) is 0 Å². The number of hydrogen-bond acceptors (Lipinski definition) is 3. The number of alkyl halides is 2. The molecule has 1 aliphatic rings. The predicted octanol–water partition coefficient (Wildman–Crippen LogP) is 2.85. The Morgan fingerprint density at radius 1 is 1.24 bits per heavy atom. The van der Waals surface area contributed by atoms with Gasteiger partial charge in [0.25, 0.3) is 0 Å². The van der Waals surface area contributed by atoms with Gasteiger partial charge < -0.3 is 9.47 Å². The van der Waals surface area contributed by atoms with Crippen LogP contribution in [-0.4, -0.2) is 24.3 Å². The van der Waals surface area contributed by atoms with Crippen molar-refractivity contribution in [1.82, 2.24) is 4.90 Å². The van der Waals surface area contributed by atoms with Crippen LogP contribution in [0.1, 0.15) is 19.4 Å². The first-order chi connectivity index (χ1) is 7.87. The standard InChI is InChI=1S/C12H15F2NO2/c1-8(2)15(3)7-9-4-5-10-11(6-9)17-12(13,14)16-10/h4-6,8H,7H2,1-3H3. The number of nitrogens with zero attached hydrogens (tertiary/aromatic N) is 1. The van der Waals surface area contributed by atoms with Gasteiger partial charge in [-0.3, -0.25) is 4.90 Å². The highest BCUT2D eigenvalue weighted by atomic mass is 19.3. The SMILES string of the molecule is CC(C)N(C)Cc1ccc2c(c1)OC(F)(F)O2. The molecule has 2 rings (SSSR count). The molecule has 0 N–H and O–H groups in total. The van der Waals surface area contributed by atoms with Crippen LogP contribution in [0.25, 0.3) is 0 Å². The van der Waals surface area contributed by atoms with Crippen LogP contribution in [0.15, 0.2) is 18.2 Å². The van der Waals surface area contributed by atoms with Crippen molar-refractivity contribution in [1.29, 1.82) is 0 Å². The van der Waals surface area contributed by atoms with Crippen molar-refractivity contribution >= 4 is 0 Å². The first kappa shape index (κ1) is 12.1. The summed E-state index contributed by atoms with van der Waals surface area (Å²) in [6, 6.07) is 5.26. The molecule has 0 spiro atoms. The molecular formula is C12H15F2NO2. The molecule has 0 aliphatic carbocycles. The topological polar surface area (TPSA) is 21.7 Å². The molecule has 0 unspecified atom stereocenters. The van der Waals surface area contributed by atoms with Crippen LogP contribution in [0, 0.1) is 0 Å². The van der Waals surface area contributed by atoms with Gasteiger partial charge in [0, 0.05) is 12.6 Å². The third kappa shape index (κ3) is 2.66. The molecule has 0 saturated carbocycles. The Morgan fingerprint density at radius 3 is 2.53 bits per heavy atom. The molecule has 0 saturated heterocycles. The summed E-state index contributed by atoms with van der Waals surface area (Å²) in [5.41, 5.74) is 0.918. The highest BCUT2D eigenvalue weighted by molar-refractivity contribution is 5.45. The number of halogens is 2. The Balaban J connectivity index is 2.14. The van der Waals surface area contributed by atoms with Crippen LogP contribution in [0.3, 0.4) is 0 Å². The minimum Gasteiger partial charge on any atom is -0.395 e. The van der Waals surface area contributed by atoms with E-state index >= 15 is 0 Å². The van der Waals surface area contributed by atoms with E-state index in [0.717, 1.165) is 5.56 Å². The number of hydrogen-bond donors (Lipinski definition) is 0. The Bertz CT molecular complexity index is 421. The molecule has 0 amide bonds. The minimum atomic E-state index is -3.54. The molecule has 94 valence electrons. The molecule has 0 radical (unpaired) electrons. The zero-order chi connectivity index (χ0) is 12.6. The molecule has 1 aromatic carbocycles. The Hall–Kier alpha value is -1.36. The second-order valence-corrected chi connectivity index (χ2v) is 4.46. The third-order valence-electron chi connectivity index (χ3n) is 2.78. The van der Waals surface area contributed by atoms with Crippen molar-refractivity contribution in [3.05, 3.63) is 23.8 Å². The number of rotatable bonds is 3. The molecule has 17 heavy (non-hydrogen) atoms.